The van der Waals surface area contributed by atoms with Gasteiger partial charge in [-0.2, -0.15) is 0 Å². The van der Waals surface area contributed by atoms with Crippen molar-refractivity contribution >= 4 is 17.4 Å². The molecule has 0 aliphatic rings. The molecule has 0 spiro atoms. The van der Waals surface area contributed by atoms with Crippen molar-refractivity contribution in [3.63, 3.8) is 0 Å². The lowest BCUT2D eigenvalue weighted by Gasteiger charge is -2.09. The van der Waals surface area contributed by atoms with Crippen LogP contribution < -0.4 is 11.1 Å². The highest BCUT2D eigenvalue weighted by molar-refractivity contribution is 6.30. The van der Waals surface area contributed by atoms with Gasteiger partial charge in [-0.25, -0.2) is 4.98 Å². The highest BCUT2D eigenvalue weighted by atomic mass is 35.5. The van der Waals surface area contributed by atoms with Gasteiger partial charge in [-0.15, -0.1) is 0 Å². The van der Waals surface area contributed by atoms with E-state index < -0.39 is 0 Å². The van der Waals surface area contributed by atoms with E-state index in [9.17, 15) is 0 Å². The zero-order valence-corrected chi connectivity index (χ0v) is 8.38. The Balaban J connectivity index is 2.41. The van der Waals surface area contributed by atoms with Crippen molar-refractivity contribution in [3.8, 4) is 0 Å². The third-order valence-electron chi connectivity index (χ3n) is 1.76. The fraction of sp³-hybridized carbons (Fsp3) is 0.444. The predicted molar refractivity (Wildman–Crippen MR) is 56.0 cm³/mol. The average Bonchev–Trinajstić information content (AvgIpc) is 2.16. The van der Waals surface area contributed by atoms with Crippen LogP contribution in [0.4, 0.5) is 5.82 Å². The summed E-state index contributed by atoms with van der Waals surface area (Å²) in [5, 5.41) is 3.82. The third kappa shape index (κ3) is 3.61. The monoisotopic (exact) mass is 199 g/mol. The van der Waals surface area contributed by atoms with Crippen molar-refractivity contribution in [2.75, 3.05) is 18.4 Å². The van der Waals surface area contributed by atoms with Gasteiger partial charge in [0, 0.05) is 12.7 Å². The number of nitrogens with two attached hydrogens (primary N) is 1. The molecular weight excluding hydrogens is 186 g/mol. The largest absolute Gasteiger partial charge is 0.370 e. The standard InChI is InChI=1S/C9H14ClN3/c1-7(4-11)5-12-9-3-2-8(10)6-13-9/h2-3,6-7H,4-5,11H2,1H3,(H,12,13). The van der Waals surface area contributed by atoms with Crippen molar-refractivity contribution in [1.29, 1.82) is 0 Å². The molecule has 1 unspecified atom stereocenters. The number of nitrogens with one attached hydrogen (secondary N) is 1. The summed E-state index contributed by atoms with van der Waals surface area (Å²) in [5.41, 5.74) is 5.48. The number of hydrogen-bond donors (Lipinski definition) is 2. The Bertz CT molecular complexity index is 248. The SMILES string of the molecule is CC(CN)CNc1ccc(Cl)cn1. The van der Waals surface area contributed by atoms with Crippen molar-refractivity contribution in [1.82, 2.24) is 4.98 Å². The molecule has 0 aromatic carbocycles. The molecule has 0 fully saturated rings. The lowest BCUT2D eigenvalue weighted by Crippen LogP contribution is -2.20. The molecule has 1 atom stereocenters. The molecule has 0 aliphatic carbocycles. The lowest BCUT2D eigenvalue weighted by atomic mass is 10.2. The Morgan fingerprint density at radius 2 is 2.38 bits per heavy atom. The normalized spacial score (nSPS) is 12.5. The van der Waals surface area contributed by atoms with Crippen LogP contribution in [0.1, 0.15) is 6.92 Å². The van der Waals surface area contributed by atoms with E-state index in [0.29, 0.717) is 17.5 Å². The highest BCUT2D eigenvalue weighted by Crippen LogP contribution is 2.09. The van der Waals surface area contributed by atoms with Crippen LogP contribution in [0.15, 0.2) is 18.3 Å². The molecule has 1 aromatic heterocycles. The molecule has 0 saturated carbocycles. The van der Waals surface area contributed by atoms with E-state index in [1.807, 2.05) is 12.1 Å². The van der Waals surface area contributed by atoms with Crippen LogP contribution in [0, 0.1) is 5.92 Å². The van der Waals surface area contributed by atoms with Gasteiger partial charge in [0.05, 0.1) is 5.02 Å². The van der Waals surface area contributed by atoms with E-state index in [1.165, 1.54) is 0 Å². The van der Waals surface area contributed by atoms with E-state index in [1.54, 1.807) is 6.20 Å². The lowest BCUT2D eigenvalue weighted by molar-refractivity contribution is 0.627. The van der Waals surface area contributed by atoms with Gasteiger partial charge in [0.2, 0.25) is 0 Å². The average molecular weight is 200 g/mol. The number of anilines is 1. The number of pyridine rings is 1. The molecule has 1 rings (SSSR count). The third-order valence-corrected chi connectivity index (χ3v) is 1.98. The van der Waals surface area contributed by atoms with Gasteiger partial charge in [-0.05, 0) is 24.6 Å². The summed E-state index contributed by atoms with van der Waals surface area (Å²) in [4.78, 5) is 4.10. The van der Waals surface area contributed by atoms with E-state index in [-0.39, 0.29) is 0 Å². The first-order valence-electron chi connectivity index (χ1n) is 4.28. The van der Waals surface area contributed by atoms with Gasteiger partial charge in [0.25, 0.3) is 0 Å². The molecule has 3 N–H and O–H groups in total. The van der Waals surface area contributed by atoms with E-state index in [2.05, 4.69) is 17.2 Å². The molecule has 3 nitrogen and oxygen atoms in total. The molecule has 0 aliphatic heterocycles. The van der Waals surface area contributed by atoms with Gasteiger partial charge >= 0.3 is 0 Å². The van der Waals surface area contributed by atoms with Crippen LogP contribution in [0.25, 0.3) is 0 Å². The Morgan fingerprint density at radius 3 is 2.92 bits per heavy atom. The summed E-state index contributed by atoms with van der Waals surface area (Å²) < 4.78 is 0. The molecule has 4 heteroatoms. The van der Waals surface area contributed by atoms with Crippen molar-refractivity contribution in [2.24, 2.45) is 11.7 Å². The smallest absolute Gasteiger partial charge is 0.125 e. The zero-order valence-electron chi connectivity index (χ0n) is 7.63. The van der Waals surface area contributed by atoms with Crippen molar-refractivity contribution in [2.45, 2.75) is 6.92 Å². The van der Waals surface area contributed by atoms with E-state index in [0.717, 1.165) is 12.4 Å². The minimum absolute atomic E-state index is 0.456. The Morgan fingerprint density at radius 1 is 1.62 bits per heavy atom. The van der Waals surface area contributed by atoms with Gasteiger partial charge in [0.15, 0.2) is 0 Å². The fourth-order valence-electron chi connectivity index (χ4n) is 0.843. The minimum atomic E-state index is 0.456. The summed E-state index contributed by atoms with van der Waals surface area (Å²) in [6.07, 6.45) is 1.62. The molecular formula is C9H14ClN3. The van der Waals surface area contributed by atoms with Gasteiger partial charge < -0.3 is 11.1 Å². The second kappa shape index (κ2) is 5.04. The summed E-state index contributed by atoms with van der Waals surface area (Å²) >= 11 is 5.69. The summed E-state index contributed by atoms with van der Waals surface area (Å²) in [7, 11) is 0. The molecule has 0 saturated heterocycles. The quantitative estimate of drug-likeness (QED) is 0.777. The molecule has 0 bridgehead atoms. The highest BCUT2D eigenvalue weighted by Gasteiger charge is 1.98. The van der Waals surface area contributed by atoms with Crippen molar-refractivity contribution < 1.29 is 0 Å². The van der Waals surface area contributed by atoms with Crippen LogP contribution in [0.3, 0.4) is 0 Å². The molecule has 0 amide bonds. The number of halogens is 1. The first-order valence-corrected chi connectivity index (χ1v) is 4.65. The molecule has 72 valence electrons. The van der Waals surface area contributed by atoms with Crippen LogP contribution in [-0.2, 0) is 0 Å². The number of rotatable bonds is 4. The molecule has 13 heavy (non-hydrogen) atoms. The number of nitrogens with zero attached hydrogens (tertiary/aromatic N) is 1. The summed E-state index contributed by atoms with van der Waals surface area (Å²) in [6, 6.07) is 3.66. The van der Waals surface area contributed by atoms with E-state index >= 15 is 0 Å². The van der Waals surface area contributed by atoms with E-state index in [4.69, 9.17) is 17.3 Å². The van der Waals surface area contributed by atoms with Gasteiger partial charge in [-0.3, -0.25) is 0 Å². The maximum absolute atomic E-state index is 5.69. The Hall–Kier alpha value is -0.800. The number of aromatic nitrogens is 1. The first-order chi connectivity index (χ1) is 6.22. The Labute approximate surface area is 83.3 Å². The second-order valence-corrected chi connectivity index (χ2v) is 3.52. The van der Waals surface area contributed by atoms with Gasteiger partial charge in [-0.1, -0.05) is 18.5 Å². The molecule has 1 heterocycles. The van der Waals surface area contributed by atoms with Crippen molar-refractivity contribution in [3.05, 3.63) is 23.4 Å². The zero-order chi connectivity index (χ0) is 9.68. The molecule has 1 aromatic rings. The topological polar surface area (TPSA) is 50.9 Å². The number of hydrogen-bond acceptors (Lipinski definition) is 3. The van der Waals surface area contributed by atoms with Crippen LogP contribution >= 0.6 is 11.6 Å². The van der Waals surface area contributed by atoms with Crippen LogP contribution in [0.5, 0.6) is 0 Å². The predicted octanol–water partition coefficient (Wildman–Crippen LogP) is 1.74. The second-order valence-electron chi connectivity index (χ2n) is 3.08. The first kappa shape index (κ1) is 10.3. The van der Waals surface area contributed by atoms with Crippen LogP contribution in [-0.4, -0.2) is 18.1 Å². The summed E-state index contributed by atoms with van der Waals surface area (Å²) in [5.74, 6) is 1.29. The Kier molecular flexibility index (Phi) is 3.99. The van der Waals surface area contributed by atoms with Crippen LogP contribution in [0.2, 0.25) is 5.02 Å². The fourth-order valence-corrected chi connectivity index (χ4v) is 0.954. The summed E-state index contributed by atoms with van der Waals surface area (Å²) in [6.45, 7) is 3.61. The maximum Gasteiger partial charge on any atom is 0.125 e. The molecule has 0 radical (unpaired) electrons. The maximum atomic E-state index is 5.69. The minimum Gasteiger partial charge on any atom is -0.370 e. The van der Waals surface area contributed by atoms with Gasteiger partial charge in [0.1, 0.15) is 5.82 Å².